The maximum atomic E-state index is 12.2. The number of amides is 1. The van der Waals surface area contributed by atoms with Crippen LogP contribution in [0.4, 0.5) is 5.82 Å². The van der Waals surface area contributed by atoms with Gasteiger partial charge in [0.05, 0.1) is 0 Å². The maximum Gasteiger partial charge on any atom is 0.254 e. The van der Waals surface area contributed by atoms with E-state index in [4.69, 9.17) is 10.5 Å². The molecular formula is C12H17N3O2. The molecule has 1 aromatic heterocycles. The number of anilines is 1. The van der Waals surface area contributed by atoms with Gasteiger partial charge in [-0.15, -0.1) is 0 Å². The highest BCUT2D eigenvalue weighted by Gasteiger charge is 2.23. The molecule has 2 rings (SSSR count). The van der Waals surface area contributed by atoms with Gasteiger partial charge in [-0.25, -0.2) is 4.98 Å². The number of rotatable bonds is 2. The summed E-state index contributed by atoms with van der Waals surface area (Å²) in [6, 6.07) is 3.55. The lowest BCUT2D eigenvalue weighted by Crippen LogP contribution is -2.40. The minimum Gasteiger partial charge on any atom is -0.384 e. The van der Waals surface area contributed by atoms with Gasteiger partial charge in [0.15, 0.2) is 0 Å². The van der Waals surface area contributed by atoms with Gasteiger partial charge in [0, 0.05) is 38.1 Å². The molecule has 0 bridgehead atoms. The first-order chi connectivity index (χ1) is 8.18. The van der Waals surface area contributed by atoms with Crippen molar-refractivity contribution in [2.75, 3.05) is 26.0 Å². The van der Waals surface area contributed by atoms with Crippen LogP contribution in [-0.4, -0.2) is 42.1 Å². The summed E-state index contributed by atoms with van der Waals surface area (Å²) in [5.41, 5.74) is 6.16. The fourth-order valence-electron chi connectivity index (χ4n) is 2.02. The highest BCUT2D eigenvalue weighted by Crippen LogP contribution is 2.16. The van der Waals surface area contributed by atoms with E-state index in [1.807, 2.05) is 7.05 Å². The molecule has 2 N–H and O–H groups in total. The molecular weight excluding hydrogens is 218 g/mol. The summed E-state index contributed by atoms with van der Waals surface area (Å²) in [6.45, 7) is 1.45. The fraction of sp³-hybridized carbons (Fsp3) is 0.500. The van der Waals surface area contributed by atoms with Crippen molar-refractivity contribution in [3.05, 3.63) is 23.9 Å². The van der Waals surface area contributed by atoms with Crippen LogP contribution in [0.2, 0.25) is 0 Å². The standard InChI is InChI=1S/C12H17N3O2/c1-15(10-3-6-17-7-4-10)12(16)9-2-5-14-11(13)8-9/h2,5,8,10H,3-4,6-7H2,1H3,(H2,13,14). The Morgan fingerprint density at radius 3 is 2.88 bits per heavy atom. The minimum atomic E-state index is -0.00833. The molecule has 0 aromatic carbocycles. The first kappa shape index (κ1) is 11.9. The Morgan fingerprint density at radius 2 is 2.24 bits per heavy atom. The molecule has 0 unspecified atom stereocenters. The summed E-state index contributed by atoms with van der Waals surface area (Å²) >= 11 is 0. The van der Waals surface area contributed by atoms with E-state index in [1.54, 1.807) is 23.2 Å². The third-order valence-electron chi connectivity index (χ3n) is 3.09. The van der Waals surface area contributed by atoms with Gasteiger partial charge in [-0.05, 0) is 25.0 Å². The summed E-state index contributed by atoms with van der Waals surface area (Å²) in [7, 11) is 1.83. The van der Waals surface area contributed by atoms with Gasteiger partial charge in [-0.1, -0.05) is 0 Å². The molecule has 17 heavy (non-hydrogen) atoms. The highest BCUT2D eigenvalue weighted by atomic mass is 16.5. The average Bonchev–Trinajstić information content (AvgIpc) is 2.38. The molecule has 0 aliphatic carbocycles. The molecule has 0 spiro atoms. The third-order valence-corrected chi connectivity index (χ3v) is 3.09. The van der Waals surface area contributed by atoms with E-state index in [9.17, 15) is 4.79 Å². The van der Waals surface area contributed by atoms with E-state index >= 15 is 0 Å². The quantitative estimate of drug-likeness (QED) is 0.827. The van der Waals surface area contributed by atoms with E-state index in [-0.39, 0.29) is 11.9 Å². The Bertz CT molecular complexity index is 402. The maximum absolute atomic E-state index is 12.2. The second kappa shape index (κ2) is 5.14. The van der Waals surface area contributed by atoms with Gasteiger partial charge < -0.3 is 15.4 Å². The fourth-order valence-corrected chi connectivity index (χ4v) is 2.02. The van der Waals surface area contributed by atoms with E-state index in [0.717, 1.165) is 26.1 Å². The van der Waals surface area contributed by atoms with Crippen LogP contribution < -0.4 is 5.73 Å². The minimum absolute atomic E-state index is 0.00833. The van der Waals surface area contributed by atoms with Gasteiger partial charge in [0.2, 0.25) is 0 Å². The zero-order valence-electron chi connectivity index (χ0n) is 9.93. The number of pyridine rings is 1. The molecule has 92 valence electrons. The number of carbonyl (C=O) groups is 1. The van der Waals surface area contributed by atoms with Gasteiger partial charge in [-0.3, -0.25) is 4.79 Å². The largest absolute Gasteiger partial charge is 0.384 e. The molecule has 0 atom stereocenters. The summed E-state index contributed by atoms with van der Waals surface area (Å²) in [5, 5.41) is 0. The molecule has 1 saturated heterocycles. The lowest BCUT2D eigenvalue weighted by atomic mass is 10.1. The van der Waals surface area contributed by atoms with Crippen LogP contribution in [0.5, 0.6) is 0 Å². The van der Waals surface area contributed by atoms with Crippen molar-refractivity contribution >= 4 is 11.7 Å². The molecule has 1 aromatic rings. The number of hydrogen-bond donors (Lipinski definition) is 1. The van der Waals surface area contributed by atoms with Crippen LogP contribution in [0.25, 0.3) is 0 Å². The van der Waals surface area contributed by atoms with Crippen molar-refractivity contribution in [1.82, 2.24) is 9.88 Å². The monoisotopic (exact) mass is 235 g/mol. The van der Waals surface area contributed by atoms with Gasteiger partial charge >= 0.3 is 0 Å². The van der Waals surface area contributed by atoms with E-state index in [0.29, 0.717) is 11.4 Å². The Morgan fingerprint density at radius 1 is 1.53 bits per heavy atom. The van der Waals surface area contributed by atoms with Gasteiger partial charge in [-0.2, -0.15) is 0 Å². The number of nitrogen functional groups attached to an aromatic ring is 1. The highest BCUT2D eigenvalue weighted by molar-refractivity contribution is 5.94. The molecule has 1 aliphatic heterocycles. The van der Waals surface area contributed by atoms with Crippen LogP contribution >= 0.6 is 0 Å². The first-order valence-electron chi connectivity index (χ1n) is 5.75. The molecule has 1 aliphatic rings. The Hall–Kier alpha value is -1.62. The van der Waals surface area contributed by atoms with Crippen molar-refractivity contribution in [1.29, 1.82) is 0 Å². The summed E-state index contributed by atoms with van der Waals surface area (Å²) in [6.07, 6.45) is 3.34. The molecule has 1 amide bonds. The smallest absolute Gasteiger partial charge is 0.254 e. The predicted molar refractivity (Wildman–Crippen MR) is 64.6 cm³/mol. The van der Waals surface area contributed by atoms with Crippen LogP contribution in [0.3, 0.4) is 0 Å². The number of carbonyl (C=O) groups excluding carboxylic acids is 1. The van der Waals surface area contributed by atoms with Crippen LogP contribution in [0, 0.1) is 0 Å². The molecule has 0 saturated carbocycles. The molecule has 0 radical (unpaired) electrons. The van der Waals surface area contributed by atoms with Crippen molar-refractivity contribution in [2.24, 2.45) is 0 Å². The second-order valence-corrected chi connectivity index (χ2v) is 4.23. The number of nitrogens with zero attached hydrogens (tertiary/aromatic N) is 2. The number of nitrogens with two attached hydrogens (primary N) is 1. The lowest BCUT2D eigenvalue weighted by molar-refractivity contribution is 0.0362. The Labute approximate surface area is 101 Å². The van der Waals surface area contributed by atoms with E-state index in [2.05, 4.69) is 4.98 Å². The first-order valence-corrected chi connectivity index (χ1v) is 5.75. The van der Waals surface area contributed by atoms with Gasteiger partial charge in [0.25, 0.3) is 5.91 Å². The molecule has 5 nitrogen and oxygen atoms in total. The summed E-state index contributed by atoms with van der Waals surface area (Å²) < 4.78 is 5.29. The van der Waals surface area contributed by atoms with E-state index < -0.39 is 0 Å². The topological polar surface area (TPSA) is 68.5 Å². The lowest BCUT2D eigenvalue weighted by Gasteiger charge is -2.31. The number of hydrogen-bond acceptors (Lipinski definition) is 4. The van der Waals surface area contributed by atoms with Crippen LogP contribution in [0.15, 0.2) is 18.3 Å². The number of aromatic nitrogens is 1. The Balaban J connectivity index is 2.08. The van der Waals surface area contributed by atoms with Crippen molar-refractivity contribution < 1.29 is 9.53 Å². The van der Waals surface area contributed by atoms with Gasteiger partial charge in [0.1, 0.15) is 5.82 Å². The van der Waals surface area contributed by atoms with Crippen molar-refractivity contribution in [3.63, 3.8) is 0 Å². The zero-order valence-corrected chi connectivity index (χ0v) is 9.93. The zero-order chi connectivity index (χ0) is 12.3. The number of ether oxygens (including phenoxy) is 1. The van der Waals surface area contributed by atoms with Crippen LogP contribution in [0.1, 0.15) is 23.2 Å². The Kier molecular flexibility index (Phi) is 3.58. The van der Waals surface area contributed by atoms with Crippen molar-refractivity contribution in [2.45, 2.75) is 18.9 Å². The van der Waals surface area contributed by atoms with Crippen LogP contribution in [-0.2, 0) is 4.74 Å². The average molecular weight is 235 g/mol. The van der Waals surface area contributed by atoms with E-state index in [1.165, 1.54) is 0 Å². The molecule has 1 fully saturated rings. The second-order valence-electron chi connectivity index (χ2n) is 4.23. The summed E-state index contributed by atoms with van der Waals surface area (Å²) in [5.74, 6) is 0.363. The van der Waals surface area contributed by atoms with Crippen molar-refractivity contribution in [3.8, 4) is 0 Å². The molecule has 5 heteroatoms. The summed E-state index contributed by atoms with van der Waals surface area (Å²) in [4.78, 5) is 17.9. The third kappa shape index (κ3) is 2.74. The predicted octanol–water partition coefficient (Wildman–Crippen LogP) is 0.915. The molecule has 2 heterocycles. The SMILES string of the molecule is CN(C(=O)c1ccnc(N)c1)C1CCOCC1. The normalized spacial score (nSPS) is 16.8.